The van der Waals surface area contributed by atoms with Crippen LogP contribution in [0.4, 0.5) is 0 Å². The van der Waals surface area contributed by atoms with Gasteiger partial charge in [0.1, 0.15) is 11.8 Å². The fraction of sp³-hybridized carbons (Fsp3) is 0.208. The van der Waals surface area contributed by atoms with Crippen LogP contribution in [0.5, 0.6) is 5.75 Å². The van der Waals surface area contributed by atoms with Crippen LogP contribution >= 0.6 is 23.2 Å². The summed E-state index contributed by atoms with van der Waals surface area (Å²) in [6.07, 6.45) is 3.32. The molecule has 3 aromatic rings. The number of aromatic nitrogens is 1. The number of carbonyl (C=O) groups is 2. The van der Waals surface area contributed by atoms with Gasteiger partial charge in [0, 0.05) is 30.5 Å². The highest BCUT2D eigenvalue weighted by Gasteiger charge is 2.26. The molecule has 1 aromatic heterocycles. The van der Waals surface area contributed by atoms with Gasteiger partial charge in [-0.25, -0.2) is 0 Å². The predicted molar refractivity (Wildman–Crippen MR) is 124 cm³/mol. The SMILES string of the molecule is C[C@@H](C(=O)NCc1ccncc1)N(Cc1ccc(Cl)cc1)C(=O)COc1ccccc1Cl. The van der Waals surface area contributed by atoms with E-state index in [1.54, 1.807) is 55.7 Å². The lowest BCUT2D eigenvalue weighted by molar-refractivity contribution is -0.142. The number of pyridine rings is 1. The van der Waals surface area contributed by atoms with Crippen LogP contribution in [0.2, 0.25) is 10.0 Å². The molecule has 32 heavy (non-hydrogen) atoms. The van der Waals surface area contributed by atoms with E-state index in [2.05, 4.69) is 10.3 Å². The van der Waals surface area contributed by atoms with E-state index >= 15 is 0 Å². The average molecular weight is 472 g/mol. The Morgan fingerprint density at radius 2 is 1.69 bits per heavy atom. The molecule has 0 fully saturated rings. The summed E-state index contributed by atoms with van der Waals surface area (Å²) in [5.74, 6) is -0.211. The molecule has 8 heteroatoms. The summed E-state index contributed by atoms with van der Waals surface area (Å²) in [5, 5.41) is 3.87. The van der Waals surface area contributed by atoms with Gasteiger partial charge in [-0.1, -0.05) is 47.5 Å². The maximum atomic E-state index is 13.1. The molecule has 2 aromatic carbocycles. The Morgan fingerprint density at radius 1 is 1.00 bits per heavy atom. The standard InChI is InChI=1S/C24H23Cl2N3O3/c1-17(24(31)28-14-18-10-12-27-13-11-18)29(15-19-6-8-20(25)9-7-19)23(30)16-32-22-5-3-2-4-21(22)26/h2-13,17H,14-16H2,1H3,(H,28,31)/t17-/m0/s1. The molecule has 1 heterocycles. The number of ether oxygens (including phenoxy) is 1. The highest BCUT2D eigenvalue weighted by molar-refractivity contribution is 6.32. The smallest absolute Gasteiger partial charge is 0.261 e. The second kappa shape index (κ2) is 11.5. The molecular formula is C24H23Cl2N3O3. The molecule has 0 aliphatic rings. The molecule has 2 amide bonds. The predicted octanol–water partition coefficient (Wildman–Crippen LogP) is 4.50. The molecule has 166 valence electrons. The normalized spacial score (nSPS) is 11.5. The lowest BCUT2D eigenvalue weighted by Crippen LogP contribution is -2.48. The van der Waals surface area contributed by atoms with E-state index in [1.165, 1.54) is 4.90 Å². The first-order valence-electron chi connectivity index (χ1n) is 10.0. The van der Waals surface area contributed by atoms with E-state index < -0.39 is 6.04 Å². The van der Waals surface area contributed by atoms with Crippen molar-refractivity contribution < 1.29 is 14.3 Å². The number of para-hydroxylation sites is 1. The van der Waals surface area contributed by atoms with Crippen LogP contribution in [0.1, 0.15) is 18.1 Å². The van der Waals surface area contributed by atoms with E-state index in [-0.39, 0.29) is 25.0 Å². The minimum Gasteiger partial charge on any atom is -0.482 e. The Balaban J connectivity index is 1.71. The van der Waals surface area contributed by atoms with Crippen molar-refractivity contribution in [2.45, 2.75) is 26.1 Å². The zero-order valence-corrected chi connectivity index (χ0v) is 19.0. The number of hydrogen-bond acceptors (Lipinski definition) is 4. The fourth-order valence-electron chi connectivity index (χ4n) is 2.99. The van der Waals surface area contributed by atoms with Crippen molar-refractivity contribution in [2.24, 2.45) is 0 Å². The number of hydrogen-bond donors (Lipinski definition) is 1. The van der Waals surface area contributed by atoms with Crippen molar-refractivity contribution in [2.75, 3.05) is 6.61 Å². The van der Waals surface area contributed by atoms with Gasteiger partial charge >= 0.3 is 0 Å². The number of nitrogens with zero attached hydrogens (tertiary/aromatic N) is 2. The number of amides is 2. The van der Waals surface area contributed by atoms with Gasteiger partial charge < -0.3 is 15.0 Å². The van der Waals surface area contributed by atoms with Gasteiger partial charge in [0.15, 0.2) is 6.61 Å². The first kappa shape index (κ1) is 23.6. The van der Waals surface area contributed by atoms with Gasteiger partial charge in [-0.3, -0.25) is 14.6 Å². The van der Waals surface area contributed by atoms with Crippen LogP contribution in [0.15, 0.2) is 73.1 Å². The highest BCUT2D eigenvalue weighted by atomic mass is 35.5. The summed E-state index contributed by atoms with van der Waals surface area (Å²) < 4.78 is 5.61. The third-order valence-electron chi connectivity index (χ3n) is 4.84. The minimum atomic E-state index is -0.727. The first-order chi connectivity index (χ1) is 15.4. The van der Waals surface area contributed by atoms with Crippen molar-refractivity contribution in [3.05, 3.63) is 94.2 Å². The molecule has 1 N–H and O–H groups in total. The molecule has 1 atom stereocenters. The van der Waals surface area contributed by atoms with Crippen LogP contribution in [0.3, 0.4) is 0 Å². The molecule has 0 bridgehead atoms. The van der Waals surface area contributed by atoms with E-state index in [1.807, 2.05) is 24.3 Å². The van der Waals surface area contributed by atoms with E-state index in [4.69, 9.17) is 27.9 Å². The molecule has 0 saturated heterocycles. The summed E-state index contributed by atoms with van der Waals surface area (Å²) in [7, 11) is 0. The van der Waals surface area contributed by atoms with Crippen molar-refractivity contribution in [1.29, 1.82) is 0 Å². The van der Waals surface area contributed by atoms with Gasteiger partial charge in [-0.15, -0.1) is 0 Å². The third-order valence-corrected chi connectivity index (χ3v) is 5.40. The van der Waals surface area contributed by atoms with Crippen molar-refractivity contribution >= 4 is 35.0 Å². The van der Waals surface area contributed by atoms with Crippen LogP contribution in [0, 0.1) is 0 Å². The van der Waals surface area contributed by atoms with Crippen LogP contribution in [-0.4, -0.2) is 34.3 Å². The number of benzene rings is 2. The molecule has 0 aliphatic heterocycles. The second-order valence-corrected chi connectivity index (χ2v) is 7.96. The first-order valence-corrected chi connectivity index (χ1v) is 10.8. The lowest BCUT2D eigenvalue weighted by atomic mass is 10.1. The van der Waals surface area contributed by atoms with Gasteiger partial charge in [0.05, 0.1) is 5.02 Å². The number of halogens is 2. The van der Waals surface area contributed by atoms with Crippen molar-refractivity contribution in [3.63, 3.8) is 0 Å². The van der Waals surface area contributed by atoms with E-state index in [0.717, 1.165) is 11.1 Å². The zero-order valence-electron chi connectivity index (χ0n) is 17.5. The van der Waals surface area contributed by atoms with Gasteiger partial charge in [0.2, 0.25) is 5.91 Å². The topological polar surface area (TPSA) is 71.5 Å². The second-order valence-electron chi connectivity index (χ2n) is 7.12. The summed E-state index contributed by atoms with van der Waals surface area (Å²) in [6.45, 7) is 2.00. The van der Waals surface area contributed by atoms with Gasteiger partial charge in [0.25, 0.3) is 5.91 Å². The Hall–Kier alpha value is -3.09. The fourth-order valence-corrected chi connectivity index (χ4v) is 3.31. The van der Waals surface area contributed by atoms with Gasteiger partial charge in [-0.2, -0.15) is 0 Å². The highest BCUT2D eigenvalue weighted by Crippen LogP contribution is 2.23. The van der Waals surface area contributed by atoms with Crippen molar-refractivity contribution in [1.82, 2.24) is 15.2 Å². The molecule has 0 saturated carbocycles. The molecule has 0 aliphatic carbocycles. The molecule has 3 rings (SSSR count). The Bertz CT molecular complexity index is 1050. The summed E-state index contributed by atoms with van der Waals surface area (Å²) in [4.78, 5) is 31.3. The monoisotopic (exact) mass is 471 g/mol. The largest absolute Gasteiger partial charge is 0.482 e. The van der Waals surface area contributed by atoms with Crippen LogP contribution in [-0.2, 0) is 22.7 Å². The van der Waals surface area contributed by atoms with Crippen LogP contribution < -0.4 is 10.1 Å². The molecule has 0 spiro atoms. The van der Waals surface area contributed by atoms with E-state index in [0.29, 0.717) is 22.3 Å². The number of carbonyl (C=O) groups excluding carboxylic acids is 2. The maximum Gasteiger partial charge on any atom is 0.261 e. The Kier molecular flexibility index (Phi) is 8.48. The zero-order chi connectivity index (χ0) is 22.9. The summed E-state index contributed by atoms with van der Waals surface area (Å²) in [6, 6.07) is 16.9. The minimum absolute atomic E-state index is 0.228. The Labute approximate surface area is 197 Å². The number of rotatable bonds is 9. The van der Waals surface area contributed by atoms with Gasteiger partial charge in [-0.05, 0) is 54.4 Å². The van der Waals surface area contributed by atoms with Crippen LogP contribution in [0.25, 0.3) is 0 Å². The molecular weight excluding hydrogens is 449 g/mol. The third kappa shape index (κ3) is 6.70. The molecule has 0 unspecified atom stereocenters. The Morgan fingerprint density at radius 3 is 2.38 bits per heavy atom. The molecule has 0 radical (unpaired) electrons. The lowest BCUT2D eigenvalue weighted by Gasteiger charge is -2.29. The molecule has 6 nitrogen and oxygen atoms in total. The quantitative estimate of drug-likeness (QED) is 0.498. The summed E-state index contributed by atoms with van der Waals surface area (Å²) in [5.41, 5.74) is 1.76. The van der Waals surface area contributed by atoms with E-state index in [9.17, 15) is 9.59 Å². The number of nitrogens with one attached hydrogen (secondary N) is 1. The average Bonchev–Trinajstić information content (AvgIpc) is 2.81. The maximum absolute atomic E-state index is 13.1. The summed E-state index contributed by atoms with van der Waals surface area (Å²) >= 11 is 12.1. The van der Waals surface area contributed by atoms with Crippen molar-refractivity contribution in [3.8, 4) is 5.75 Å².